The molecule has 1 heterocycles. The third kappa shape index (κ3) is 3.95. The van der Waals surface area contributed by atoms with Crippen LogP contribution in [-0.2, 0) is 15.8 Å². The van der Waals surface area contributed by atoms with E-state index in [1.807, 2.05) is 0 Å². The maximum atomic E-state index is 12.8. The van der Waals surface area contributed by atoms with Crippen molar-refractivity contribution in [1.29, 1.82) is 0 Å². The van der Waals surface area contributed by atoms with Crippen LogP contribution >= 0.6 is 0 Å². The van der Waals surface area contributed by atoms with Crippen molar-refractivity contribution >= 4 is 15.7 Å². The van der Waals surface area contributed by atoms with Crippen LogP contribution in [0.1, 0.15) is 5.56 Å². The Morgan fingerprint density at radius 3 is 2.35 bits per heavy atom. The fourth-order valence-corrected chi connectivity index (χ4v) is 3.32. The van der Waals surface area contributed by atoms with Gasteiger partial charge in [-0.1, -0.05) is 12.1 Å². The van der Waals surface area contributed by atoms with Crippen LogP contribution in [0.5, 0.6) is 0 Å². The van der Waals surface area contributed by atoms with E-state index in [1.165, 1.54) is 24.3 Å². The zero-order valence-electron chi connectivity index (χ0n) is 12.1. The van der Waals surface area contributed by atoms with Crippen LogP contribution in [0.2, 0.25) is 0 Å². The van der Waals surface area contributed by atoms with Crippen LogP contribution in [0, 0.1) is 5.82 Å². The van der Waals surface area contributed by atoms with Gasteiger partial charge >= 0.3 is 0 Å². The summed E-state index contributed by atoms with van der Waals surface area (Å²) in [6.07, 6.45) is 3.47. The van der Waals surface area contributed by atoms with Crippen molar-refractivity contribution in [2.75, 3.05) is 4.72 Å². The van der Waals surface area contributed by atoms with Gasteiger partial charge in [-0.2, -0.15) is 5.10 Å². The van der Waals surface area contributed by atoms with Gasteiger partial charge in [0.25, 0.3) is 0 Å². The van der Waals surface area contributed by atoms with E-state index in [1.54, 1.807) is 47.4 Å². The molecule has 0 aliphatic heterocycles. The Balaban J connectivity index is 1.71. The maximum absolute atomic E-state index is 12.8. The van der Waals surface area contributed by atoms with Gasteiger partial charge in [0.2, 0.25) is 10.0 Å². The maximum Gasteiger partial charge on any atom is 0.236 e. The molecular weight excluding hydrogens is 317 g/mol. The lowest BCUT2D eigenvalue weighted by Crippen LogP contribution is -2.15. The number of aromatic nitrogens is 2. The summed E-state index contributed by atoms with van der Waals surface area (Å²) in [6.45, 7) is 0. The molecule has 0 atom stereocenters. The van der Waals surface area contributed by atoms with Gasteiger partial charge in [-0.25, -0.2) is 17.5 Å². The van der Waals surface area contributed by atoms with E-state index in [-0.39, 0.29) is 5.75 Å². The standard InChI is InChI=1S/C16H14FN3O2S/c17-14-4-2-13(3-5-14)12-23(21,22)19-15-6-8-16(9-7-15)20-11-1-10-18-20/h1-11,19H,12H2. The number of anilines is 1. The molecule has 1 N–H and O–H groups in total. The minimum Gasteiger partial charge on any atom is -0.283 e. The Bertz CT molecular complexity index is 874. The van der Waals surface area contributed by atoms with Crippen LogP contribution < -0.4 is 4.72 Å². The number of hydrogen-bond donors (Lipinski definition) is 1. The van der Waals surface area contributed by atoms with Gasteiger partial charge in [0.1, 0.15) is 5.82 Å². The first-order chi connectivity index (χ1) is 11.0. The molecule has 0 bridgehead atoms. The van der Waals surface area contributed by atoms with Gasteiger partial charge in [0, 0.05) is 18.1 Å². The molecule has 0 aliphatic carbocycles. The van der Waals surface area contributed by atoms with Crippen molar-refractivity contribution in [1.82, 2.24) is 9.78 Å². The summed E-state index contributed by atoms with van der Waals surface area (Å²) in [6, 6.07) is 14.1. The second-order valence-corrected chi connectivity index (χ2v) is 6.71. The molecule has 0 spiro atoms. The van der Waals surface area contributed by atoms with Crippen LogP contribution in [0.4, 0.5) is 10.1 Å². The molecule has 3 aromatic rings. The molecule has 118 valence electrons. The Kier molecular flexibility index (Phi) is 4.12. The van der Waals surface area contributed by atoms with Crippen molar-refractivity contribution in [2.24, 2.45) is 0 Å². The van der Waals surface area contributed by atoms with Crippen molar-refractivity contribution < 1.29 is 12.8 Å². The highest BCUT2D eigenvalue weighted by Crippen LogP contribution is 2.16. The summed E-state index contributed by atoms with van der Waals surface area (Å²) < 4.78 is 41.3. The quantitative estimate of drug-likeness (QED) is 0.782. The van der Waals surface area contributed by atoms with Crippen molar-refractivity contribution in [3.05, 3.63) is 78.4 Å². The van der Waals surface area contributed by atoms with E-state index in [0.717, 1.165) is 5.69 Å². The van der Waals surface area contributed by atoms with Crippen LogP contribution in [0.25, 0.3) is 5.69 Å². The number of nitrogens with zero attached hydrogens (tertiary/aromatic N) is 2. The van der Waals surface area contributed by atoms with Crippen molar-refractivity contribution in [3.63, 3.8) is 0 Å². The zero-order chi connectivity index (χ0) is 16.3. The second-order valence-electron chi connectivity index (χ2n) is 4.99. The molecule has 0 radical (unpaired) electrons. The molecule has 5 nitrogen and oxygen atoms in total. The molecule has 0 amide bonds. The van der Waals surface area contributed by atoms with Gasteiger partial charge < -0.3 is 0 Å². The third-order valence-corrected chi connectivity index (χ3v) is 4.44. The third-order valence-electron chi connectivity index (χ3n) is 3.18. The molecule has 0 saturated carbocycles. The minimum atomic E-state index is -3.56. The topological polar surface area (TPSA) is 64.0 Å². The van der Waals surface area contributed by atoms with Crippen LogP contribution in [0.3, 0.4) is 0 Å². The van der Waals surface area contributed by atoms with E-state index in [9.17, 15) is 12.8 Å². The van der Waals surface area contributed by atoms with E-state index < -0.39 is 15.8 Å². The van der Waals surface area contributed by atoms with E-state index in [4.69, 9.17) is 0 Å². The number of nitrogens with one attached hydrogen (secondary N) is 1. The van der Waals surface area contributed by atoms with Gasteiger partial charge in [-0.3, -0.25) is 4.72 Å². The Labute approximate surface area is 133 Å². The Hall–Kier alpha value is -2.67. The molecule has 0 aliphatic rings. The summed E-state index contributed by atoms with van der Waals surface area (Å²) in [4.78, 5) is 0. The summed E-state index contributed by atoms with van der Waals surface area (Å²) in [7, 11) is -3.56. The summed E-state index contributed by atoms with van der Waals surface area (Å²) in [5, 5.41) is 4.10. The lowest BCUT2D eigenvalue weighted by atomic mass is 10.2. The molecule has 0 fully saturated rings. The first kappa shape index (κ1) is 15.2. The Morgan fingerprint density at radius 1 is 1.04 bits per heavy atom. The summed E-state index contributed by atoms with van der Waals surface area (Å²) in [5.74, 6) is -0.609. The molecule has 7 heteroatoms. The molecule has 3 rings (SSSR count). The SMILES string of the molecule is O=S(=O)(Cc1ccc(F)cc1)Nc1ccc(-n2cccn2)cc1. The van der Waals surface area contributed by atoms with Gasteiger partial charge in [-0.15, -0.1) is 0 Å². The van der Waals surface area contributed by atoms with Gasteiger partial charge in [0.15, 0.2) is 0 Å². The molecule has 0 unspecified atom stereocenters. The van der Waals surface area contributed by atoms with Gasteiger partial charge in [-0.05, 0) is 48.0 Å². The number of rotatable bonds is 5. The molecule has 0 saturated heterocycles. The second kappa shape index (κ2) is 6.21. The first-order valence-corrected chi connectivity index (χ1v) is 8.52. The Morgan fingerprint density at radius 2 is 1.74 bits per heavy atom. The number of benzene rings is 2. The highest BCUT2D eigenvalue weighted by Gasteiger charge is 2.12. The highest BCUT2D eigenvalue weighted by molar-refractivity contribution is 7.91. The van der Waals surface area contributed by atoms with Crippen LogP contribution in [0.15, 0.2) is 67.0 Å². The van der Waals surface area contributed by atoms with Crippen molar-refractivity contribution in [2.45, 2.75) is 5.75 Å². The number of sulfonamides is 1. The number of hydrogen-bond acceptors (Lipinski definition) is 3. The summed E-state index contributed by atoms with van der Waals surface area (Å²) >= 11 is 0. The first-order valence-electron chi connectivity index (χ1n) is 6.87. The fourth-order valence-electron chi connectivity index (χ4n) is 2.12. The average Bonchev–Trinajstić information content (AvgIpc) is 3.04. The predicted octanol–water partition coefficient (Wildman–Crippen LogP) is 2.95. The van der Waals surface area contributed by atoms with E-state index >= 15 is 0 Å². The molecule has 1 aromatic heterocycles. The fraction of sp³-hybridized carbons (Fsp3) is 0.0625. The zero-order valence-corrected chi connectivity index (χ0v) is 12.9. The average molecular weight is 331 g/mol. The minimum absolute atomic E-state index is 0.214. The highest BCUT2D eigenvalue weighted by atomic mass is 32.2. The molecule has 23 heavy (non-hydrogen) atoms. The summed E-state index contributed by atoms with van der Waals surface area (Å²) in [5.41, 5.74) is 1.81. The predicted molar refractivity (Wildman–Crippen MR) is 86.2 cm³/mol. The lowest BCUT2D eigenvalue weighted by Gasteiger charge is -2.09. The van der Waals surface area contributed by atoms with E-state index in [0.29, 0.717) is 11.3 Å². The van der Waals surface area contributed by atoms with Crippen molar-refractivity contribution in [3.8, 4) is 5.69 Å². The normalized spacial score (nSPS) is 11.3. The number of halogens is 1. The largest absolute Gasteiger partial charge is 0.283 e. The van der Waals surface area contributed by atoms with Crippen LogP contribution in [-0.4, -0.2) is 18.2 Å². The van der Waals surface area contributed by atoms with Gasteiger partial charge in [0.05, 0.1) is 11.4 Å². The monoisotopic (exact) mass is 331 g/mol. The lowest BCUT2D eigenvalue weighted by molar-refractivity contribution is 0.600. The molecule has 2 aromatic carbocycles. The smallest absolute Gasteiger partial charge is 0.236 e. The van der Waals surface area contributed by atoms with E-state index in [2.05, 4.69) is 9.82 Å². The molecular formula is C16H14FN3O2S.